The highest BCUT2D eigenvalue weighted by Crippen LogP contribution is 2.23. The van der Waals surface area contributed by atoms with E-state index >= 15 is 0 Å². The largest absolute Gasteiger partial charge is 0.317 e. The SMILES string of the molecule is CCNCC(C)CSc1ccc([N+](=O)[O-])cc1. The molecule has 5 heteroatoms. The minimum absolute atomic E-state index is 0.148. The number of hydrogen-bond donors (Lipinski definition) is 1. The quantitative estimate of drug-likeness (QED) is 0.462. The zero-order valence-electron chi connectivity index (χ0n) is 10.2. The van der Waals surface area contributed by atoms with Crippen LogP contribution in [0.4, 0.5) is 5.69 Å². The highest BCUT2D eigenvalue weighted by molar-refractivity contribution is 7.99. The monoisotopic (exact) mass is 254 g/mol. The topological polar surface area (TPSA) is 55.2 Å². The molecule has 0 radical (unpaired) electrons. The maximum Gasteiger partial charge on any atom is 0.269 e. The Morgan fingerprint density at radius 3 is 2.59 bits per heavy atom. The third kappa shape index (κ3) is 5.19. The second kappa shape index (κ2) is 7.29. The molecule has 0 aliphatic rings. The molecule has 1 N–H and O–H groups in total. The Balaban J connectivity index is 2.39. The highest BCUT2D eigenvalue weighted by Gasteiger charge is 2.06. The lowest BCUT2D eigenvalue weighted by molar-refractivity contribution is -0.384. The average molecular weight is 254 g/mol. The molecule has 17 heavy (non-hydrogen) atoms. The lowest BCUT2D eigenvalue weighted by Gasteiger charge is -2.10. The molecule has 1 atom stereocenters. The van der Waals surface area contributed by atoms with Crippen LogP contribution in [0.15, 0.2) is 29.2 Å². The van der Waals surface area contributed by atoms with Gasteiger partial charge in [-0.05, 0) is 31.1 Å². The van der Waals surface area contributed by atoms with Gasteiger partial charge in [-0.3, -0.25) is 10.1 Å². The summed E-state index contributed by atoms with van der Waals surface area (Å²) in [5, 5.41) is 13.8. The number of nitro groups is 1. The van der Waals surface area contributed by atoms with Crippen LogP contribution in [0, 0.1) is 16.0 Å². The van der Waals surface area contributed by atoms with Crippen molar-refractivity contribution in [2.24, 2.45) is 5.92 Å². The number of non-ortho nitro benzene ring substituents is 1. The Morgan fingerprint density at radius 1 is 1.41 bits per heavy atom. The van der Waals surface area contributed by atoms with Gasteiger partial charge in [-0.15, -0.1) is 11.8 Å². The molecule has 1 aromatic rings. The van der Waals surface area contributed by atoms with Crippen LogP contribution in [0.3, 0.4) is 0 Å². The minimum atomic E-state index is -0.373. The molecule has 0 aliphatic heterocycles. The normalized spacial score (nSPS) is 12.4. The molecule has 0 aromatic heterocycles. The van der Waals surface area contributed by atoms with Gasteiger partial charge in [0.1, 0.15) is 0 Å². The van der Waals surface area contributed by atoms with Gasteiger partial charge in [-0.25, -0.2) is 0 Å². The summed E-state index contributed by atoms with van der Waals surface area (Å²) in [5.41, 5.74) is 0.148. The van der Waals surface area contributed by atoms with Gasteiger partial charge in [0.2, 0.25) is 0 Å². The number of benzene rings is 1. The maximum absolute atomic E-state index is 10.5. The molecule has 0 saturated carbocycles. The van der Waals surface area contributed by atoms with Crippen molar-refractivity contribution in [3.8, 4) is 0 Å². The fraction of sp³-hybridized carbons (Fsp3) is 0.500. The van der Waals surface area contributed by atoms with E-state index in [1.807, 2.05) is 12.1 Å². The zero-order chi connectivity index (χ0) is 12.7. The first-order chi connectivity index (χ1) is 8.13. The van der Waals surface area contributed by atoms with Crippen molar-refractivity contribution in [2.75, 3.05) is 18.8 Å². The molecule has 0 heterocycles. The third-order valence-electron chi connectivity index (χ3n) is 2.32. The van der Waals surface area contributed by atoms with Crippen molar-refractivity contribution >= 4 is 17.4 Å². The molecular weight excluding hydrogens is 236 g/mol. The van der Waals surface area contributed by atoms with Gasteiger partial charge in [0.15, 0.2) is 0 Å². The van der Waals surface area contributed by atoms with Crippen LogP contribution >= 0.6 is 11.8 Å². The fourth-order valence-corrected chi connectivity index (χ4v) is 2.28. The van der Waals surface area contributed by atoms with Crippen LogP contribution in [0.5, 0.6) is 0 Å². The lowest BCUT2D eigenvalue weighted by atomic mass is 10.2. The van der Waals surface area contributed by atoms with Gasteiger partial charge in [0.25, 0.3) is 5.69 Å². The van der Waals surface area contributed by atoms with E-state index in [1.54, 1.807) is 23.9 Å². The van der Waals surface area contributed by atoms with Gasteiger partial charge in [0, 0.05) is 22.8 Å². The van der Waals surface area contributed by atoms with E-state index < -0.39 is 0 Å². The summed E-state index contributed by atoms with van der Waals surface area (Å²) in [4.78, 5) is 11.2. The molecule has 4 nitrogen and oxygen atoms in total. The average Bonchev–Trinajstić information content (AvgIpc) is 2.34. The van der Waals surface area contributed by atoms with Crippen molar-refractivity contribution < 1.29 is 4.92 Å². The van der Waals surface area contributed by atoms with Gasteiger partial charge < -0.3 is 5.32 Å². The smallest absolute Gasteiger partial charge is 0.269 e. The van der Waals surface area contributed by atoms with Crippen molar-refractivity contribution in [3.63, 3.8) is 0 Å². The number of nitrogens with zero attached hydrogens (tertiary/aromatic N) is 1. The van der Waals surface area contributed by atoms with Gasteiger partial charge >= 0.3 is 0 Å². The summed E-state index contributed by atoms with van der Waals surface area (Å²) in [5.74, 6) is 1.61. The van der Waals surface area contributed by atoms with Gasteiger partial charge in [0.05, 0.1) is 4.92 Å². The Bertz CT molecular complexity index is 354. The summed E-state index contributed by atoms with van der Waals surface area (Å²) in [6.45, 7) is 6.29. The predicted molar refractivity (Wildman–Crippen MR) is 71.5 cm³/mol. The first kappa shape index (κ1) is 14.0. The van der Waals surface area contributed by atoms with E-state index in [2.05, 4.69) is 19.2 Å². The molecule has 0 aliphatic carbocycles. The molecule has 0 fully saturated rings. The van der Waals surface area contributed by atoms with E-state index in [-0.39, 0.29) is 10.6 Å². The highest BCUT2D eigenvalue weighted by atomic mass is 32.2. The van der Waals surface area contributed by atoms with Crippen molar-refractivity contribution in [1.29, 1.82) is 0 Å². The summed E-state index contributed by atoms with van der Waals surface area (Å²) in [6.07, 6.45) is 0. The van der Waals surface area contributed by atoms with Crippen LogP contribution in [0.1, 0.15) is 13.8 Å². The summed E-state index contributed by atoms with van der Waals surface area (Å²) >= 11 is 1.74. The van der Waals surface area contributed by atoms with E-state index in [1.165, 1.54) is 0 Å². The Morgan fingerprint density at radius 2 is 2.06 bits per heavy atom. The zero-order valence-corrected chi connectivity index (χ0v) is 11.0. The Labute approximate surface area is 106 Å². The third-order valence-corrected chi connectivity index (χ3v) is 3.67. The predicted octanol–water partition coefficient (Wildman–Crippen LogP) is 2.93. The van der Waals surface area contributed by atoms with Crippen LogP contribution in [0.2, 0.25) is 0 Å². The van der Waals surface area contributed by atoms with Crippen molar-refractivity contribution in [1.82, 2.24) is 5.32 Å². The van der Waals surface area contributed by atoms with Crippen LogP contribution in [-0.2, 0) is 0 Å². The molecule has 0 saturated heterocycles. The second-order valence-electron chi connectivity index (χ2n) is 3.97. The number of rotatable bonds is 7. The number of thioether (sulfide) groups is 1. The lowest BCUT2D eigenvalue weighted by Crippen LogP contribution is -2.21. The summed E-state index contributed by atoms with van der Waals surface area (Å²) in [7, 11) is 0. The van der Waals surface area contributed by atoms with E-state index in [0.717, 1.165) is 23.7 Å². The first-order valence-electron chi connectivity index (χ1n) is 5.71. The van der Waals surface area contributed by atoms with Crippen molar-refractivity contribution in [3.05, 3.63) is 34.4 Å². The van der Waals surface area contributed by atoms with Crippen LogP contribution in [-0.4, -0.2) is 23.8 Å². The van der Waals surface area contributed by atoms with Crippen LogP contribution < -0.4 is 5.32 Å². The molecule has 0 amide bonds. The molecular formula is C12H18N2O2S. The number of hydrogen-bond acceptors (Lipinski definition) is 4. The fourth-order valence-electron chi connectivity index (χ4n) is 1.35. The molecule has 94 valence electrons. The maximum atomic E-state index is 10.5. The Kier molecular flexibility index (Phi) is 6.00. The van der Waals surface area contributed by atoms with E-state index in [0.29, 0.717) is 5.92 Å². The molecule has 0 bridgehead atoms. The molecule has 1 unspecified atom stereocenters. The van der Waals surface area contributed by atoms with E-state index in [9.17, 15) is 10.1 Å². The van der Waals surface area contributed by atoms with Gasteiger partial charge in [-0.2, -0.15) is 0 Å². The van der Waals surface area contributed by atoms with Crippen molar-refractivity contribution in [2.45, 2.75) is 18.7 Å². The van der Waals surface area contributed by atoms with E-state index in [4.69, 9.17) is 0 Å². The minimum Gasteiger partial charge on any atom is -0.317 e. The van der Waals surface area contributed by atoms with Gasteiger partial charge in [-0.1, -0.05) is 13.8 Å². The second-order valence-corrected chi connectivity index (χ2v) is 5.07. The summed E-state index contributed by atoms with van der Waals surface area (Å²) in [6, 6.07) is 6.72. The standard InChI is InChI=1S/C12H18N2O2S/c1-3-13-8-10(2)9-17-12-6-4-11(5-7-12)14(15)16/h4-7,10,13H,3,8-9H2,1-2H3. The summed E-state index contributed by atoms with van der Waals surface area (Å²) < 4.78 is 0. The number of nitro benzene ring substituents is 1. The number of nitrogens with one attached hydrogen (secondary N) is 1. The van der Waals surface area contributed by atoms with Crippen LogP contribution in [0.25, 0.3) is 0 Å². The first-order valence-corrected chi connectivity index (χ1v) is 6.70. The Hall–Kier alpha value is -1.07. The molecule has 0 spiro atoms. The molecule has 1 rings (SSSR count). The molecule has 1 aromatic carbocycles.